The number of benzene rings is 4. The fraction of sp³-hybridized carbons (Fsp3) is 0.455. The van der Waals surface area contributed by atoms with Crippen LogP contribution in [0.3, 0.4) is 0 Å². The lowest BCUT2D eigenvalue weighted by Gasteiger charge is -2.29. The van der Waals surface area contributed by atoms with Crippen LogP contribution in [0, 0.1) is 5.92 Å². The predicted molar refractivity (Wildman–Crippen MR) is 273 cm³/mol. The summed E-state index contributed by atoms with van der Waals surface area (Å²) in [6, 6.07) is 35.6. The van der Waals surface area contributed by atoms with Crippen molar-refractivity contribution in [1.29, 1.82) is 0 Å². The summed E-state index contributed by atoms with van der Waals surface area (Å²) in [5, 5.41) is 19.9. The van der Waals surface area contributed by atoms with E-state index in [2.05, 4.69) is 123 Å². The van der Waals surface area contributed by atoms with Crippen LogP contribution in [-0.4, -0.2) is 41.5 Å². The number of hydrogen-bond donors (Lipinski definition) is 0. The molecule has 2 atom stereocenters. The highest BCUT2D eigenvalue weighted by molar-refractivity contribution is 8.16. The number of aliphatic imine (C=N–C) groups is 1. The summed E-state index contributed by atoms with van der Waals surface area (Å²) < 4.78 is 5.21. The van der Waals surface area contributed by atoms with E-state index in [1.54, 1.807) is 30.4 Å². The number of ether oxygens (including phenoxy) is 1. The minimum atomic E-state index is -0.268. The molecule has 4 aromatic rings. The number of esters is 1. The molecule has 2 fully saturated rings. The van der Waals surface area contributed by atoms with E-state index in [4.69, 9.17) is 9.73 Å². The van der Waals surface area contributed by atoms with Gasteiger partial charge in [0, 0.05) is 24.4 Å². The molecule has 0 aromatic heterocycles. The number of fused-ring (bicyclic) bond motifs is 1. The maximum absolute atomic E-state index is 11.5. The van der Waals surface area contributed by atoms with Gasteiger partial charge in [-0.15, -0.1) is 15.3 Å². The molecule has 1 saturated carbocycles. The molecule has 0 spiro atoms. The summed E-state index contributed by atoms with van der Waals surface area (Å²) in [5.41, 5.74) is 10.4. The smallest absolute Gasteiger partial charge is 0.333 e. The first kappa shape index (κ1) is 46.7. The molecule has 10 heteroatoms. The van der Waals surface area contributed by atoms with Crippen LogP contribution in [0.25, 0.3) is 11.1 Å². The third kappa shape index (κ3) is 14.1. The first-order chi connectivity index (χ1) is 31.9. The van der Waals surface area contributed by atoms with Crippen molar-refractivity contribution in [2.24, 2.45) is 31.4 Å². The van der Waals surface area contributed by atoms with E-state index < -0.39 is 0 Å². The summed E-state index contributed by atoms with van der Waals surface area (Å²) in [4.78, 5) is 18.7. The number of nitrogens with zero attached hydrogens (tertiary/aromatic N) is 6. The van der Waals surface area contributed by atoms with Crippen LogP contribution >= 0.6 is 23.5 Å². The number of carbonyl (C=O) groups is 1. The van der Waals surface area contributed by atoms with Gasteiger partial charge < -0.3 is 9.64 Å². The van der Waals surface area contributed by atoms with Crippen molar-refractivity contribution in [3.63, 3.8) is 0 Å². The van der Waals surface area contributed by atoms with Gasteiger partial charge in [-0.25, -0.2) is 9.79 Å². The van der Waals surface area contributed by atoms with Crippen LogP contribution in [0.2, 0.25) is 0 Å². The van der Waals surface area contributed by atoms with E-state index in [0.29, 0.717) is 18.1 Å². The second kappa shape index (κ2) is 24.1. The Morgan fingerprint density at radius 3 is 1.91 bits per heavy atom. The van der Waals surface area contributed by atoms with Crippen LogP contribution in [-0.2, 0) is 22.4 Å². The minimum Gasteiger partial charge on any atom is -0.462 e. The molecule has 340 valence electrons. The highest BCUT2D eigenvalue weighted by atomic mass is 32.2. The molecule has 4 aliphatic rings. The van der Waals surface area contributed by atoms with E-state index in [0.717, 1.165) is 66.3 Å². The van der Waals surface area contributed by atoms with Gasteiger partial charge in [0.25, 0.3) is 0 Å². The second-order valence-electron chi connectivity index (χ2n) is 18.4. The number of aryl methyl sites for hydroxylation is 2. The maximum atomic E-state index is 11.5. The van der Waals surface area contributed by atoms with Gasteiger partial charge in [-0.05, 0) is 160 Å². The van der Waals surface area contributed by atoms with Crippen molar-refractivity contribution in [2.45, 2.75) is 133 Å². The zero-order valence-electron chi connectivity index (χ0n) is 38.3. The molecule has 1 aliphatic carbocycles. The Kier molecular flexibility index (Phi) is 17.3. The summed E-state index contributed by atoms with van der Waals surface area (Å²) in [6.07, 6.45) is 23.1. The van der Waals surface area contributed by atoms with E-state index in [9.17, 15) is 4.79 Å². The van der Waals surface area contributed by atoms with Crippen LogP contribution in [0.5, 0.6) is 0 Å². The van der Waals surface area contributed by atoms with Crippen LogP contribution in [0.15, 0.2) is 146 Å². The molecule has 0 N–H and O–H groups in total. The fourth-order valence-corrected chi connectivity index (χ4v) is 11.7. The third-order valence-electron chi connectivity index (χ3n) is 13.4. The molecule has 0 bridgehead atoms. The normalized spacial score (nSPS) is 20.7. The van der Waals surface area contributed by atoms with Crippen molar-refractivity contribution >= 4 is 51.7 Å². The Morgan fingerprint density at radius 2 is 1.26 bits per heavy atom. The molecule has 8 rings (SSSR count). The lowest BCUT2D eigenvalue weighted by Crippen LogP contribution is -2.17. The molecular formula is C55H66N6O2S2. The predicted octanol–water partition coefficient (Wildman–Crippen LogP) is 15.9. The van der Waals surface area contributed by atoms with Gasteiger partial charge in [0.1, 0.15) is 10.4 Å². The summed E-state index contributed by atoms with van der Waals surface area (Å²) in [7, 11) is 0. The molecular weight excluding hydrogens is 841 g/mol. The van der Waals surface area contributed by atoms with Gasteiger partial charge in [0.2, 0.25) is 5.17 Å². The lowest BCUT2D eigenvalue weighted by molar-refractivity contribution is -0.139. The SMILES string of the molecule is C=C(C)C(=O)OCCCCCCC1CCC(c2ccc(-c3ccc(CCCCCCc4ccc(N=NC5=CC6SC(N=Nc7ccc(N8CCCC8)cc7)=NC6S5)cc4)cc3)cc2)CC1. The molecule has 0 amide bonds. The van der Waals surface area contributed by atoms with E-state index in [1.165, 1.54) is 117 Å². The van der Waals surface area contributed by atoms with E-state index >= 15 is 0 Å². The first-order valence-corrected chi connectivity index (χ1v) is 26.1. The second-order valence-corrected chi connectivity index (χ2v) is 20.6. The molecule has 2 unspecified atom stereocenters. The van der Waals surface area contributed by atoms with Gasteiger partial charge in [-0.1, -0.05) is 129 Å². The zero-order chi connectivity index (χ0) is 44.6. The average molecular weight is 907 g/mol. The number of azo groups is 2. The Balaban J connectivity index is 0.663. The summed E-state index contributed by atoms with van der Waals surface area (Å²) in [5.74, 6) is 1.29. The topological polar surface area (TPSA) is 91.3 Å². The summed E-state index contributed by atoms with van der Waals surface area (Å²) >= 11 is 3.29. The van der Waals surface area contributed by atoms with Gasteiger partial charge in [-0.2, -0.15) is 5.11 Å². The van der Waals surface area contributed by atoms with Crippen molar-refractivity contribution in [3.8, 4) is 11.1 Å². The zero-order valence-corrected chi connectivity index (χ0v) is 39.9. The Labute approximate surface area is 396 Å². The van der Waals surface area contributed by atoms with Crippen molar-refractivity contribution in [3.05, 3.63) is 137 Å². The largest absolute Gasteiger partial charge is 0.462 e. The average Bonchev–Trinajstić information content (AvgIpc) is 4.11. The van der Waals surface area contributed by atoms with Crippen molar-refractivity contribution < 1.29 is 9.53 Å². The van der Waals surface area contributed by atoms with Crippen LogP contribution in [0.1, 0.15) is 126 Å². The van der Waals surface area contributed by atoms with Gasteiger partial charge in [-0.3, -0.25) is 0 Å². The number of thioether (sulfide) groups is 2. The van der Waals surface area contributed by atoms with Gasteiger partial charge >= 0.3 is 5.97 Å². The van der Waals surface area contributed by atoms with Crippen LogP contribution < -0.4 is 4.90 Å². The highest BCUT2D eigenvalue weighted by Crippen LogP contribution is 2.45. The Hall–Kier alpha value is -4.80. The lowest BCUT2D eigenvalue weighted by atomic mass is 9.77. The van der Waals surface area contributed by atoms with E-state index in [-0.39, 0.29) is 16.6 Å². The quantitative estimate of drug-likeness (QED) is 0.0359. The Bertz CT molecular complexity index is 2270. The molecule has 1 saturated heterocycles. The fourth-order valence-electron chi connectivity index (χ4n) is 9.44. The standard InChI is InChI=1S/C55H66N6O2S2/c1-40(2)54(62)63-38-12-6-5-9-14-42-18-24-45(25-19-42)47-28-26-46(27-29-47)44-22-16-41(17-23-44)13-7-3-4-8-15-43-20-30-48(31-21-43)57-59-52-39-51-53(65-52)56-55(64-51)60-58-49-32-34-50(35-33-49)61-36-10-11-37-61/h16-17,20-23,26-35,39,42,45,51,53H,1,3-15,18-19,24-25,36-38H2,2H3. The minimum absolute atomic E-state index is 0.0762. The number of hydrogen-bond acceptors (Lipinski definition) is 10. The van der Waals surface area contributed by atoms with E-state index in [1.807, 2.05) is 12.1 Å². The number of carbonyl (C=O) groups excluding carboxylic acids is 1. The molecule has 8 nitrogen and oxygen atoms in total. The van der Waals surface area contributed by atoms with Gasteiger partial charge in [0.15, 0.2) is 0 Å². The van der Waals surface area contributed by atoms with Crippen molar-refractivity contribution in [1.82, 2.24) is 0 Å². The number of rotatable bonds is 21. The highest BCUT2D eigenvalue weighted by Gasteiger charge is 2.36. The van der Waals surface area contributed by atoms with Gasteiger partial charge in [0.05, 0.1) is 23.2 Å². The van der Waals surface area contributed by atoms with Crippen LogP contribution in [0.4, 0.5) is 17.1 Å². The molecule has 4 aromatic carbocycles. The molecule has 3 aliphatic heterocycles. The molecule has 0 radical (unpaired) electrons. The molecule has 3 heterocycles. The third-order valence-corrected chi connectivity index (χ3v) is 15.7. The number of unbranched alkanes of at least 4 members (excludes halogenated alkanes) is 6. The molecule has 65 heavy (non-hydrogen) atoms. The monoisotopic (exact) mass is 906 g/mol. The number of anilines is 1. The van der Waals surface area contributed by atoms with Crippen molar-refractivity contribution in [2.75, 3.05) is 24.6 Å². The number of amidine groups is 1. The summed E-state index contributed by atoms with van der Waals surface area (Å²) in [6.45, 7) is 8.13. The maximum Gasteiger partial charge on any atom is 0.333 e. The first-order valence-electron chi connectivity index (χ1n) is 24.3. The Morgan fingerprint density at radius 1 is 0.677 bits per heavy atom.